The Morgan fingerprint density at radius 2 is 1.48 bits per heavy atom. The smallest absolute Gasteiger partial charge is 0.305 e. The summed E-state index contributed by atoms with van der Waals surface area (Å²) >= 11 is 3.83. The van der Waals surface area contributed by atoms with Gasteiger partial charge in [-0.1, -0.05) is 30.9 Å². The minimum Gasteiger partial charge on any atom is -0.469 e. The minimum absolute atomic E-state index is 0.156. The van der Waals surface area contributed by atoms with Gasteiger partial charge in [0.2, 0.25) is 11.8 Å². The first-order chi connectivity index (χ1) is 29.9. The van der Waals surface area contributed by atoms with Crippen molar-refractivity contribution in [3.05, 3.63) is 112 Å². The highest BCUT2D eigenvalue weighted by atomic mass is 32.2. The van der Waals surface area contributed by atoms with Gasteiger partial charge < -0.3 is 19.4 Å². The second kappa shape index (κ2) is 16.2. The number of H-pyrrole nitrogens is 2. The Labute approximate surface area is 368 Å². The quantitative estimate of drug-likeness (QED) is 0.123. The van der Waals surface area contributed by atoms with Crippen molar-refractivity contribution in [3.63, 3.8) is 0 Å². The van der Waals surface area contributed by atoms with Gasteiger partial charge in [-0.15, -0.1) is 23.5 Å². The van der Waals surface area contributed by atoms with Crippen molar-refractivity contribution in [1.29, 1.82) is 0 Å². The molecule has 8 bridgehead atoms. The number of methoxy groups -OCH3 is 2. The SMILES string of the molecule is C=Cc1c(C)c2cc3nc(cc4[nH]c(cc5nc(cc1[nH]2)C(C)=C5CCC(=O)OC)c(CCC(=O)OC)c4C)[C@@]1(C)C3=CC[C@H]2C(=O)N(c3ccc(C4SCCS4)cc3)C(=O)[C@H]21. The lowest BCUT2D eigenvalue weighted by Crippen LogP contribution is -2.41. The Morgan fingerprint density at radius 3 is 2.18 bits per heavy atom. The van der Waals surface area contributed by atoms with Crippen LogP contribution in [-0.4, -0.2) is 69.4 Å². The minimum atomic E-state index is -0.967. The van der Waals surface area contributed by atoms with Crippen molar-refractivity contribution >= 4 is 97.8 Å². The topological polar surface area (TPSA) is 147 Å². The Bertz CT molecular complexity index is 2830. The molecule has 11 nitrogen and oxygen atoms in total. The number of aromatic amines is 2. The molecule has 5 aliphatic rings. The number of esters is 2. The van der Waals surface area contributed by atoms with Crippen molar-refractivity contribution in [1.82, 2.24) is 19.9 Å². The highest BCUT2D eigenvalue weighted by Gasteiger charge is 2.61. The van der Waals surface area contributed by atoms with E-state index < -0.39 is 17.3 Å². The number of carbonyl (C=O) groups is 4. The van der Waals surface area contributed by atoms with Gasteiger partial charge in [0, 0.05) is 57.4 Å². The van der Waals surface area contributed by atoms with Crippen LogP contribution in [0.25, 0.3) is 44.9 Å². The van der Waals surface area contributed by atoms with E-state index in [1.54, 1.807) is 0 Å². The Kier molecular flexibility index (Phi) is 10.9. The van der Waals surface area contributed by atoms with Gasteiger partial charge in [0.25, 0.3) is 0 Å². The molecule has 3 atom stereocenters. The molecule has 9 rings (SSSR count). The van der Waals surface area contributed by atoms with Crippen LogP contribution in [0.3, 0.4) is 0 Å². The zero-order valence-electron chi connectivity index (χ0n) is 35.8. The summed E-state index contributed by atoms with van der Waals surface area (Å²) in [5.74, 6) is -0.142. The summed E-state index contributed by atoms with van der Waals surface area (Å²) in [7, 11) is 2.77. The van der Waals surface area contributed by atoms with Crippen molar-refractivity contribution in [2.75, 3.05) is 30.6 Å². The fourth-order valence-corrected chi connectivity index (χ4v) is 12.8. The van der Waals surface area contributed by atoms with Crippen LogP contribution in [0.15, 0.2) is 61.2 Å². The molecule has 2 N–H and O–H groups in total. The molecule has 318 valence electrons. The summed E-state index contributed by atoms with van der Waals surface area (Å²) in [6.45, 7) is 12.3. The number of hydrogen-bond donors (Lipinski definition) is 2. The maximum absolute atomic E-state index is 15.0. The zero-order valence-corrected chi connectivity index (χ0v) is 37.4. The molecule has 1 aliphatic carbocycles. The molecule has 2 amide bonds. The molecule has 3 aromatic heterocycles. The van der Waals surface area contributed by atoms with E-state index in [0.29, 0.717) is 46.6 Å². The summed E-state index contributed by atoms with van der Waals surface area (Å²) in [4.78, 5) is 73.6. The lowest BCUT2D eigenvalue weighted by molar-refractivity contribution is -0.141. The number of benzene rings is 1. The van der Waals surface area contributed by atoms with Crippen LogP contribution in [0.4, 0.5) is 5.69 Å². The fraction of sp³-hybridized carbons (Fsp3) is 0.347. The number of aryl methyl sites for hydroxylation is 3. The van der Waals surface area contributed by atoms with Gasteiger partial charge in [0.1, 0.15) is 0 Å². The van der Waals surface area contributed by atoms with Crippen LogP contribution in [-0.2, 0) is 40.5 Å². The number of thioether (sulfide) groups is 2. The van der Waals surface area contributed by atoms with E-state index in [1.165, 1.54) is 24.7 Å². The van der Waals surface area contributed by atoms with Gasteiger partial charge in [-0.25, -0.2) is 4.98 Å². The normalized spacial score (nSPS) is 20.9. The van der Waals surface area contributed by atoms with E-state index in [2.05, 4.69) is 29.5 Å². The summed E-state index contributed by atoms with van der Waals surface area (Å²) in [5, 5.41) is 0. The Hall–Kier alpha value is -5.66. The summed E-state index contributed by atoms with van der Waals surface area (Å²) in [6, 6.07) is 16.0. The zero-order chi connectivity index (χ0) is 43.6. The van der Waals surface area contributed by atoms with Crippen molar-refractivity contribution < 1.29 is 28.7 Å². The first kappa shape index (κ1) is 41.7. The highest BCUT2D eigenvalue weighted by Crippen LogP contribution is 2.57. The third-order valence-electron chi connectivity index (χ3n) is 13.4. The molecule has 2 fully saturated rings. The van der Waals surface area contributed by atoms with E-state index in [1.807, 2.05) is 98.9 Å². The first-order valence-electron chi connectivity index (χ1n) is 21.0. The number of allylic oxidation sites excluding steroid dienone is 4. The molecule has 0 spiro atoms. The molecule has 0 saturated carbocycles. The molecule has 4 aromatic rings. The maximum atomic E-state index is 15.0. The van der Waals surface area contributed by atoms with E-state index >= 15 is 0 Å². The molecular weight excluding hydrogens is 819 g/mol. The van der Waals surface area contributed by atoms with E-state index in [4.69, 9.17) is 19.4 Å². The first-order valence-corrected chi connectivity index (χ1v) is 23.1. The van der Waals surface area contributed by atoms with E-state index in [0.717, 1.165) is 78.2 Å². The number of carbonyl (C=O) groups excluding carboxylic acids is 4. The number of amides is 2. The number of hydrogen-bond acceptors (Lipinski definition) is 10. The second-order valence-corrected chi connectivity index (χ2v) is 19.4. The lowest BCUT2D eigenvalue weighted by Gasteiger charge is -2.37. The van der Waals surface area contributed by atoms with Crippen LogP contribution in [0.5, 0.6) is 0 Å². The molecule has 62 heavy (non-hydrogen) atoms. The molecule has 1 aromatic carbocycles. The fourth-order valence-electron chi connectivity index (χ4n) is 9.94. The number of aromatic nitrogens is 4. The van der Waals surface area contributed by atoms with Gasteiger partial charge >= 0.3 is 11.9 Å². The van der Waals surface area contributed by atoms with Gasteiger partial charge in [-0.3, -0.25) is 29.1 Å². The predicted octanol–water partition coefficient (Wildman–Crippen LogP) is 9.59. The molecule has 2 saturated heterocycles. The average Bonchev–Trinajstić information content (AvgIpc) is 4.11. The number of imide groups is 1. The van der Waals surface area contributed by atoms with Crippen molar-refractivity contribution in [2.45, 2.75) is 69.8 Å². The van der Waals surface area contributed by atoms with E-state index in [-0.39, 0.29) is 36.6 Å². The van der Waals surface area contributed by atoms with Crippen LogP contribution < -0.4 is 4.90 Å². The number of ether oxygens (including phenoxy) is 2. The molecular formula is C49H49N5O6S2. The maximum Gasteiger partial charge on any atom is 0.305 e. The summed E-state index contributed by atoms with van der Waals surface area (Å²) in [6.07, 6.45) is 5.48. The standard InChI is InChI=1S/C49H49N5O6S2/c1-8-30-25(2)36-22-41-34-16-13-33-45(47(58)54(46(33)57)29-11-9-28(10-12-29)48-61-19-20-62-48)49(34,5)42(53-41)24-37-27(4)32(15-18-44(56)60-7)40(52-37)23-39-31(14-17-43(55)59-6)26(3)35(51-39)21-38(30)50-36/h8-12,16,21-24,33,45,48,50,52H,1,13-15,17-20H2,2-7H3/t33-,45+,49-/m1/s1. The number of anilines is 1. The van der Waals surface area contributed by atoms with Crippen LogP contribution in [0.2, 0.25) is 0 Å². The second-order valence-electron chi connectivity index (χ2n) is 16.7. The van der Waals surface area contributed by atoms with E-state index in [9.17, 15) is 19.2 Å². The predicted molar refractivity (Wildman–Crippen MR) is 248 cm³/mol. The Morgan fingerprint density at radius 1 is 0.839 bits per heavy atom. The average molecular weight is 868 g/mol. The lowest BCUT2D eigenvalue weighted by atomic mass is 9.61. The number of nitrogens with one attached hydrogen (secondary N) is 2. The molecule has 7 heterocycles. The third kappa shape index (κ3) is 6.84. The van der Waals surface area contributed by atoms with Crippen LogP contribution in [0, 0.1) is 25.7 Å². The monoisotopic (exact) mass is 867 g/mol. The number of rotatable bonds is 9. The molecule has 13 heteroatoms. The van der Waals surface area contributed by atoms with Gasteiger partial charge in [-0.2, -0.15) is 0 Å². The number of nitrogens with zero attached hydrogens (tertiary/aromatic N) is 3. The molecule has 0 unspecified atom stereocenters. The summed E-state index contributed by atoms with van der Waals surface area (Å²) < 4.78 is 10.4. The Balaban J connectivity index is 1.27. The van der Waals surface area contributed by atoms with Crippen LogP contribution >= 0.6 is 23.5 Å². The third-order valence-corrected chi connectivity index (χ3v) is 16.5. The van der Waals surface area contributed by atoms with Crippen LogP contribution in [0.1, 0.15) is 94.7 Å². The highest BCUT2D eigenvalue weighted by molar-refractivity contribution is 8.19. The molecule has 0 radical (unpaired) electrons. The van der Waals surface area contributed by atoms with Gasteiger partial charge in [0.15, 0.2) is 0 Å². The van der Waals surface area contributed by atoms with Crippen molar-refractivity contribution in [3.8, 4) is 0 Å². The van der Waals surface area contributed by atoms with Gasteiger partial charge in [0.05, 0.1) is 59.1 Å². The van der Waals surface area contributed by atoms with Gasteiger partial charge in [-0.05, 0) is 122 Å². The molecule has 4 aliphatic heterocycles. The van der Waals surface area contributed by atoms with Crippen molar-refractivity contribution in [2.24, 2.45) is 11.8 Å². The number of fused-ring (bicyclic) bond motifs is 13. The summed E-state index contributed by atoms with van der Waals surface area (Å²) in [5.41, 5.74) is 13.2. The largest absolute Gasteiger partial charge is 0.469 e.